The van der Waals surface area contributed by atoms with Gasteiger partial charge in [0.15, 0.2) is 0 Å². The molecule has 0 unspecified atom stereocenters. The lowest BCUT2D eigenvalue weighted by atomic mass is 10.0. The second-order valence-electron chi connectivity index (χ2n) is 6.65. The second-order valence-corrected chi connectivity index (χ2v) is 7.77. The third kappa shape index (κ3) is 4.96. The third-order valence-corrected chi connectivity index (χ3v) is 5.38. The number of rotatable bonds is 6. The predicted molar refractivity (Wildman–Crippen MR) is 104 cm³/mol. The number of halogens is 3. The number of nitrogens with zero attached hydrogens (tertiary/aromatic N) is 1. The van der Waals surface area contributed by atoms with Crippen LogP contribution in [0.3, 0.4) is 0 Å². The molecule has 0 saturated heterocycles. The van der Waals surface area contributed by atoms with Crippen molar-refractivity contribution in [2.45, 2.75) is 39.0 Å². The lowest BCUT2D eigenvalue weighted by Gasteiger charge is -2.12. The van der Waals surface area contributed by atoms with Gasteiger partial charge >= 0.3 is 6.18 Å². The number of thiazole rings is 1. The molecule has 2 aromatic carbocycles. The Morgan fingerprint density at radius 2 is 1.70 bits per heavy atom. The number of hydrogen-bond donors (Lipinski definition) is 1. The molecular weight excluding hydrogens is 369 g/mol. The smallest absolute Gasteiger partial charge is 0.306 e. The van der Waals surface area contributed by atoms with Crippen LogP contribution in [0.2, 0.25) is 0 Å². The molecule has 0 aliphatic heterocycles. The van der Waals surface area contributed by atoms with Gasteiger partial charge in [0.05, 0.1) is 10.4 Å². The topological polar surface area (TPSA) is 24.9 Å². The summed E-state index contributed by atoms with van der Waals surface area (Å²) in [6.07, 6.45) is -2.52. The fourth-order valence-electron chi connectivity index (χ4n) is 2.81. The molecule has 0 aliphatic rings. The molecule has 2 nitrogen and oxygen atoms in total. The summed E-state index contributed by atoms with van der Waals surface area (Å²) in [5.41, 5.74) is 2.03. The van der Waals surface area contributed by atoms with Crippen LogP contribution in [0.4, 0.5) is 13.2 Å². The van der Waals surface area contributed by atoms with E-state index in [0.717, 1.165) is 21.5 Å². The highest BCUT2D eigenvalue weighted by atomic mass is 32.1. The van der Waals surface area contributed by atoms with Gasteiger partial charge in [0.1, 0.15) is 5.01 Å². The Morgan fingerprint density at radius 1 is 1.00 bits per heavy atom. The Balaban J connectivity index is 1.62. The molecule has 0 radical (unpaired) electrons. The number of benzene rings is 2. The molecule has 0 aliphatic carbocycles. The van der Waals surface area contributed by atoms with E-state index in [1.54, 1.807) is 17.4 Å². The van der Waals surface area contributed by atoms with E-state index < -0.39 is 11.7 Å². The van der Waals surface area contributed by atoms with E-state index >= 15 is 0 Å². The van der Waals surface area contributed by atoms with Crippen molar-refractivity contribution in [3.05, 3.63) is 76.4 Å². The van der Waals surface area contributed by atoms with Gasteiger partial charge in [-0.2, -0.15) is 13.2 Å². The van der Waals surface area contributed by atoms with Gasteiger partial charge in [-0.1, -0.05) is 56.3 Å². The van der Waals surface area contributed by atoms with Crippen LogP contribution in [0, 0.1) is 0 Å². The Labute approximate surface area is 161 Å². The van der Waals surface area contributed by atoms with Crippen LogP contribution in [0.25, 0.3) is 10.4 Å². The Morgan fingerprint density at radius 3 is 2.37 bits per heavy atom. The molecule has 0 atom stereocenters. The van der Waals surface area contributed by atoms with Crippen molar-refractivity contribution in [3.8, 4) is 10.4 Å². The van der Waals surface area contributed by atoms with Crippen LogP contribution in [-0.4, -0.2) is 4.98 Å². The van der Waals surface area contributed by atoms with Crippen molar-refractivity contribution < 1.29 is 13.2 Å². The molecule has 1 aromatic heterocycles. The molecule has 1 heterocycles. The molecule has 27 heavy (non-hydrogen) atoms. The SMILES string of the molecule is CC(C)c1ccc(-c2cnc(CNCc3ccccc3C(F)(F)F)s2)cc1. The van der Waals surface area contributed by atoms with Crippen LogP contribution in [0.1, 0.15) is 41.5 Å². The fraction of sp³-hybridized carbons (Fsp3) is 0.286. The van der Waals surface area contributed by atoms with Crippen molar-refractivity contribution in [3.63, 3.8) is 0 Å². The van der Waals surface area contributed by atoms with E-state index in [4.69, 9.17) is 0 Å². The zero-order valence-electron chi connectivity index (χ0n) is 15.2. The molecule has 6 heteroatoms. The fourth-order valence-corrected chi connectivity index (χ4v) is 3.71. The third-order valence-electron chi connectivity index (χ3n) is 4.33. The van der Waals surface area contributed by atoms with Gasteiger partial charge < -0.3 is 5.32 Å². The molecule has 1 N–H and O–H groups in total. The Hall–Kier alpha value is -2.18. The normalized spacial score (nSPS) is 11.9. The number of nitrogens with one attached hydrogen (secondary N) is 1. The highest BCUT2D eigenvalue weighted by molar-refractivity contribution is 7.15. The first-order valence-electron chi connectivity index (χ1n) is 8.75. The van der Waals surface area contributed by atoms with E-state index in [1.807, 2.05) is 6.20 Å². The lowest BCUT2D eigenvalue weighted by molar-refractivity contribution is -0.138. The van der Waals surface area contributed by atoms with E-state index in [2.05, 4.69) is 48.4 Å². The maximum atomic E-state index is 13.0. The second kappa shape index (κ2) is 8.23. The molecule has 0 bridgehead atoms. The van der Waals surface area contributed by atoms with Crippen LogP contribution >= 0.6 is 11.3 Å². The van der Waals surface area contributed by atoms with E-state index in [-0.39, 0.29) is 12.1 Å². The van der Waals surface area contributed by atoms with E-state index in [9.17, 15) is 13.2 Å². The van der Waals surface area contributed by atoms with Crippen LogP contribution < -0.4 is 5.32 Å². The van der Waals surface area contributed by atoms with Crippen LogP contribution in [0.5, 0.6) is 0 Å². The van der Waals surface area contributed by atoms with Gasteiger partial charge in [0.25, 0.3) is 0 Å². The molecule has 3 aromatic rings. The van der Waals surface area contributed by atoms with Gasteiger partial charge in [0, 0.05) is 19.3 Å². The largest absolute Gasteiger partial charge is 0.416 e. The average molecular weight is 390 g/mol. The molecule has 0 spiro atoms. The summed E-state index contributed by atoms with van der Waals surface area (Å²) >= 11 is 1.55. The monoisotopic (exact) mass is 390 g/mol. The lowest BCUT2D eigenvalue weighted by Crippen LogP contribution is -2.17. The molecule has 0 saturated carbocycles. The summed E-state index contributed by atoms with van der Waals surface area (Å²) in [5, 5.41) is 3.92. The van der Waals surface area contributed by atoms with Gasteiger partial charge in [0.2, 0.25) is 0 Å². The van der Waals surface area contributed by atoms with Gasteiger partial charge in [-0.3, -0.25) is 0 Å². The van der Waals surface area contributed by atoms with Crippen molar-refractivity contribution in [2.24, 2.45) is 0 Å². The van der Waals surface area contributed by atoms with Crippen LogP contribution in [-0.2, 0) is 19.3 Å². The minimum absolute atomic E-state index is 0.147. The Kier molecular flexibility index (Phi) is 5.97. The number of alkyl halides is 3. The Bertz CT molecular complexity index is 883. The molecular formula is C21H21F3N2S. The van der Waals surface area contributed by atoms with Crippen molar-refractivity contribution >= 4 is 11.3 Å². The van der Waals surface area contributed by atoms with Gasteiger partial charge in [-0.15, -0.1) is 11.3 Å². The van der Waals surface area contributed by atoms with E-state index in [0.29, 0.717) is 12.5 Å². The average Bonchev–Trinajstić information content (AvgIpc) is 3.10. The first-order valence-corrected chi connectivity index (χ1v) is 9.57. The van der Waals surface area contributed by atoms with Crippen LogP contribution in [0.15, 0.2) is 54.7 Å². The van der Waals surface area contributed by atoms with Crippen molar-refractivity contribution in [1.29, 1.82) is 0 Å². The summed E-state index contributed by atoms with van der Waals surface area (Å²) < 4.78 is 39.1. The number of hydrogen-bond acceptors (Lipinski definition) is 3. The summed E-state index contributed by atoms with van der Waals surface area (Å²) in [6.45, 7) is 4.89. The highest BCUT2D eigenvalue weighted by Gasteiger charge is 2.32. The van der Waals surface area contributed by atoms with Crippen molar-refractivity contribution in [1.82, 2.24) is 10.3 Å². The first kappa shape index (κ1) is 19.6. The van der Waals surface area contributed by atoms with Gasteiger partial charge in [-0.05, 0) is 28.7 Å². The summed E-state index contributed by atoms with van der Waals surface area (Å²) in [4.78, 5) is 5.44. The molecule has 0 fully saturated rings. The molecule has 3 rings (SSSR count). The standard InChI is InChI=1S/C21H21F3N2S/c1-14(2)15-7-9-16(10-8-15)19-12-26-20(27-19)13-25-11-17-5-3-4-6-18(17)21(22,23)24/h3-10,12,14,25H,11,13H2,1-2H3. The van der Waals surface area contributed by atoms with Crippen molar-refractivity contribution in [2.75, 3.05) is 0 Å². The summed E-state index contributed by atoms with van der Waals surface area (Å²) in [7, 11) is 0. The number of aromatic nitrogens is 1. The zero-order chi connectivity index (χ0) is 19.4. The molecule has 142 valence electrons. The minimum Gasteiger partial charge on any atom is -0.306 e. The molecule has 0 amide bonds. The summed E-state index contributed by atoms with van der Waals surface area (Å²) in [6, 6.07) is 14.0. The zero-order valence-corrected chi connectivity index (χ0v) is 16.0. The van der Waals surface area contributed by atoms with E-state index in [1.165, 1.54) is 17.7 Å². The minimum atomic E-state index is -4.34. The summed E-state index contributed by atoms with van der Waals surface area (Å²) in [5.74, 6) is 0.486. The first-order chi connectivity index (χ1) is 12.8. The maximum absolute atomic E-state index is 13.0. The highest BCUT2D eigenvalue weighted by Crippen LogP contribution is 2.32. The predicted octanol–water partition coefficient (Wildman–Crippen LogP) is 6.24. The quantitative estimate of drug-likeness (QED) is 0.539. The van der Waals surface area contributed by atoms with Gasteiger partial charge in [-0.25, -0.2) is 4.98 Å². The maximum Gasteiger partial charge on any atom is 0.416 e.